The Labute approximate surface area is 145 Å². The first-order chi connectivity index (χ1) is 11.6. The van der Waals surface area contributed by atoms with E-state index in [2.05, 4.69) is 20.0 Å². The highest BCUT2D eigenvalue weighted by Gasteiger charge is 2.10. The van der Waals surface area contributed by atoms with Crippen molar-refractivity contribution in [3.8, 4) is 10.7 Å². The van der Waals surface area contributed by atoms with E-state index in [1.54, 1.807) is 18.3 Å². The molecule has 2 aromatic heterocycles. The normalized spacial score (nSPS) is 11.7. The van der Waals surface area contributed by atoms with Crippen LogP contribution in [-0.4, -0.2) is 37.2 Å². The maximum Gasteiger partial charge on any atom is 0.211 e. The summed E-state index contributed by atoms with van der Waals surface area (Å²) in [5, 5.41) is 6.11. The number of rotatable bonds is 7. The lowest BCUT2D eigenvalue weighted by atomic mass is 10.2. The molecule has 6 nitrogen and oxygen atoms in total. The summed E-state index contributed by atoms with van der Waals surface area (Å²) in [4.78, 5) is 10.2. The Morgan fingerprint density at radius 2 is 1.92 bits per heavy atom. The van der Waals surface area contributed by atoms with Crippen molar-refractivity contribution in [2.45, 2.75) is 6.92 Å². The summed E-state index contributed by atoms with van der Waals surface area (Å²) >= 11 is 1.58. The molecule has 24 heavy (non-hydrogen) atoms. The van der Waals surface area contributed by atoms with Gasteiger partial charge in [-0.2, -0.15) is 0 Å². The summed E-state index contributed by atoms with van der Waals surface area (Å²) < 4.78 is 25.5. The molecule has 0 aliphatic rings. The van der Waals surface area contributed by atoms with E-state index in [-0.39, 0.29) is 5.75 Å². The third kappa shape index (κ3) is 3.89. The average molecular weight is 362 g/mol. The molecule has 0 aliphatic heterocycles. The second-order valence-electron chi connectivity index (χ2n) is 5.11. The van der Waals surface area contributed by atoms with Gasteiger partial charge in [0.2, 0.25) is 10.0 Å². The van der Waals surface area contributed by atoms with Gasteiger partial charge in [0.1, 0.15) is 5.82 Å². The lowest BCUT2D eigenvalue weighted by Crippen LogP contribution is -2.30. The molecule has 2 heterocycles. The first kappa shape index (κ1) is 16.8. The lowest BCUT2D eigenvalue weighted by molar-refractivity contribution is 0.584. The van der Waals surface area contributed by atoms with Gasteiger partial charge < -0.3 is 5.32 Å². The number of hydrogen-bond donors (Lipinski definition) is 2. The van der Waals surface area contributed by atoms with E-state index in [9.17, 15) is 8.42 Å². The van der Waals surface area contributed by atoms with Crippen molar-refractivity contribution < 1.29 is 8.42 Å². The van der Waals surface area contributed by atoms with E-state index in [4.69, 9.17) is 0 Å². The molecule has 3 aromatic rings. The Bertz CT molecular complexity index is 924. The SMILES string of the molecule is CCS(=O)(=O)NCCNc1nc(-c2cccs2)nc2ccccc12. The number of sulfonamides is 1. The van der Waals surface area contributed by atoms with Crippen LogP contribution in [-0.2, 0) is 10.0 Å². The van der Waals surface area contributed by atoms with Gasteiger partial charge in [-0.25, -0.2) is 23.1 Å². The lowest BCUT2D eigenvalue weighted by Gasteiger charge is -2.11. The summed E-state index contributed by atoms with van der Waals surface area (Å²) in [5.74, 6) is 1.45. The number of nitrogens with one attached hydrogen (secondary N) is 2. The summed E-state index contributed by atoms with van der Waals surface area (Å²) in [6, 6.07) is 11.7. The number of aromatic nitrogens is 2. The molecule has 126 valence electrons. The van der Waals surface area contributed by atoms with Crippen molar-refractivity contribution in [2.24, 2.45) is 0 Å². The third-order valence-electron chi connectivity index (χ3n) is 3.46. The Morgan fingerprint density at radius 1 is 1.08 bits per heavy atom. The number of anilines is 1. The second kappa shape index (κ2) is 7.25. The van der Waals surface area contributed by atoms with Gasteiger partial charge in [-0.05, 0) is 30.5 Å². The maximum atomic E-state index is 11.5. The molecule has 0 fully saturated rings. The van der Waals surface area contributed by atoms with Gasteiger partial charge >= 0.3 is 0 Å². The van der Waals surface area contributed by atoms with Crippen molar-refractivity contribution in [3.05, 3.63) is 41.8 Å². The zero-order valence-electron chi connectivity index (χ0n) is 13.2. The van der Waals surface area contributed by atoms with Gasteiger partial charge in [0.25, 0.3) is 0 Å². The summed E-state index contributed by atoms with van der Waals surface area (Å²) in [5.41, 5.74) is 0.854. The van der Waals surface area contributed by atoms with Gasteiger partial charge in [0.05, 0.1) is 16.1 Å². The fourth-order valence-corrected chi connectivity index (χ4v) is 3.49. The fourth-order valence-electron chi connectivity index (χ4n) is 2.22. The smallest absolute Gasteiger partial charge is 0.211 e. The monoisotopic (exact) mass is 362 g/mol. The molecule has 1 aromatic carbocycles. The van der Waals surface area contributed by atoms with Gasteiger partial charge in [-0.3, -0.25) is 0 Å². The Hall–Kier alpha value is -2.03. The van der Waals surface area contributed by atoms with E-state index < -0.39 is 10.0 Å². The molecule has 0 unspecified atom stereocenters. The standard InChI is InChI=1S/C16H18N4O2S2/c1-2-24(21,22)18-10-9-17-15-12-6-3-4-7-13(12)19-16(20-15)14-8-5-11-23-14/h3-8,11,18H,2,9-10H2,1H3,(H,17,19,20). The zero-order chi connectivity index (χ0) is 17.0. The molecule has 8 heteroatoms. The highest BCUT2D eigenvalue weighted by molar-refractivity contribution is 7.89. The summed E-state index contributed by atoms with van der Waals surface area (Å²) in [6.07, 6.45) is 0. The number of hydrogen-bond acceptors (Lipinski definition) is 6. The molecule has 0 aliphatic carbocycles. The zero-order valence-corrected chi connectivity index (χ0v) is 14.8. The Morgan fingerprint density at radius 3 is 2.67 bits per heavy atom. The van der Waals surface area contributed by atoms with Crippen LogP contribution in [0.3, 0.4) is 0 Å². The van der Waals surface area contributed by atoms with E-state index in [0.29, 0.717) is 24.7 Å². The van der Waals surface area contributed by atoms with Gasteiger partial charge in [-0.1, -0.05) is 18.2 Å². The summed E-state index contributed by atoms with van der Waals surface area (Å²) in [7, 11) is -3.18. The largest absolute Gasteiger partial charge is 0.368 e. The minimum absolute atomic E-state index is 0.0754. The quantitative estimate of drug-likeness (QED) is 0.631. The van der Waals surface area contributed by atoms with Crippen LogP contribution >= 0.6 is 11.3 Å². The van der Waals surface area contributed by atoms with Crippen LogP contribution in [0.1, 0.15) is 6.92 Å². The maximum absolute atomic E-state index is 11.5. The van der Waals surface area contributed by atoms with Crippen LogP contribution in [0.15, 0.2) is 41.8 Å². The molecule has 0 atom stereocenters. The van der Waals surface area contributed by atoms with Crippen LogP contribution in [0.4, 0.5) is 5.82 Å². The molecule has 0 radical (unpaired) electrons. The Kier molecular flexibility index (Phi) is 5.08. The first-order valence-electron chi connectivity index (χ1n) is 7.61. The van der Waals surface area contributed by atoms with Crippen molar-refractivity contribution in [1.82, 2.24) is 14.7 Å². The van der Waals surface area contributed by atoms with Crippen molar-refractivity contribution in [3.63, 3.8) is 0 Å². The van der Waals surface area contributed by atoms with Crippen LogP contribution in [0, 0.1) is 0 Å². The second-order valence-corrected chi connectivity index (χ2v) is 8.16. The van der Waals surface area contributed by atoms with E-state index in [0.717, 1.165) is 15.8 Å². The number of fused-ring (bicyclic) bond motifs is 1. The van der Waals surface area contributed by atoms with Crippen LogP contribution in [0.25, 0.3) is 21.6 Å². The summed E-state index contributed by atoms with van der Waals surface area (Å²) in [6.45, 7) is 2.37. The van der Waals surface area contributed by atoms with Crippen LogP contribution < -0.4 is 10.0 Å². The molecule has 0 amide bonds. The van der Waals surface area contributed by atoms with Crippen molar-refractivity contribution >= 4 is 38.1 Å². The van der Waals surface area contributed by atoms with Crippen molar-refractivity contribution in [1.29, 1.82) is 0 Å². The first-order valence-corrected chi connectivity index (χ1v) is 10.1. The average Bonchev–Trinajstić information content (AvgIpc) is 3.13. The molecular formula is C16H18N4O2S2. The molecule has 2 N–H and O–H groups in total. The molecule has 0 spiro atoms. The predicted octanol–water partition coefficient (Wildman–Crippen LogP) is 2.71. The van der Waals surface area contributed by atoms with Gasteiger partial charge in [0.15, 0.2) is 5.82 Å². The fraction of sp³-hybridized carbons (Fsp3) is 0.250. The molecule has 3 rings (SSSR count). The minimum atomic E-state index is -3.18. The molecule has 0 saturated carbocycles. The highest BCUT2D eigenvalue weighted by Crippen LogP contribution is 2.27. The predicted molar refractivity (Wildman–Crippen MR) is 98.8 cm³/mol. The number of para-hydroxylation sites is 1. The van der Waals surface area contributed by atoms with E-state index in [1.807, 2.05) is 41.8 Å². The number of nitrogens with zero attached hydrogens (tertiary/aromatic N) is 2. The van der Waals surface area contributed by atoms with Crippen LogP contribution in [0.2, 0.25) is 0 Å². The number of thiophene rings is 1. The van der Waals surface area contributed by atoms with E-state index >= 15 is 0 Å². The minimum Gasteiger partial charge on any atom is -0.368 e. The molecule has 0 bridgehead atoms. The van der Waals surface area contributed by atoms with Gasteiger partial charge in [-0.15, -0.1) is 11.3 Å². The Balaban J connectivity index is 1.83. The van der Waals surface area contributed by atoms with E-state index in [1.165, 1.54) is 0 Å². The van der Waals surface area contributed by atoms with Gasteiger partial charge in [0, 0.05) is 18.5 Å². The number of benzene rings is 1. The van der Waals surface area contributed by atoms with Crippen LogP contribution in [0.5, 0.6) is 0 Å². The molecular weight excluding hydrogens is 344 g/mol. The third-order valence-corrected chi connectivity index (χ3v) is 5.73. The molecule has 0 saturated heterocycles. The van der Waals surface area contributed by atoms with Crippen molar-refractivity contribution in [2.75, 3.05) is 24.2 Å². The highest BCUT2D eigenvalue weighted by atomic mass is 32.2. The topological polar surface area (TPSA) is 84.0 Å².